The highest BCUT2D eigenvalue weighted by atomic mass is 32.2. The molecular formula is C17H23N3O6S2. The van der Waals surface area contributed by atoms with Gasteiger partial charge in [0.1, 0.15) is 10.6 Å². The van der Waals surface area contributed by atoms with Crippen LogP contribution in [-0.2, 0) is 28.1 Å². The van der Waals surface area contributed by atoms with Crippen molar-refractivity contribution < 1.29 is 27.6 Å². The lowest BCUT2D eigenvalue weighted by Crippen LogP contribution is -2.35. The maximum absolute atomic E-state index is 12.2. The number of nitrogens with zero attached hydrogens (tertiary/aromatic N) is 1. The predicted octanol–water partition coefficient (Wildman–Crippen LogP) is 2.66. The van der Waals surface area contributed by atoms with Gasteiger partial charge in [-0.05, 0) is 44.9 Å². The molecule has 28 heavy (non-hydrogen) atoms. The van der Waals surface area contributed by atoms with Crippen LogP contribution in [0.25, 0.3) is 0 Å². The average molecular weight is 430 g/mol. The lowest BCUT2D eigenvalue weighted by Gasteiger charge is -2.23. The van der Waals surface area contributed by atoms with E-state index in [4.69, 9.17) is 9.29 Å². The van der Waals surface area contributed by atoms with Gasteiger partial charge < -0.3 is 15.2 Å². The fraction of sp³-hybridized carbons (Fsp3) is 0.412. The van der Waals surface area contributed by atoms with Crippen molar-refractivity contribution in [2.45, 2.75) is 45.4 Å². The molecule has 4 N–H and O–H groups in total. The van der Waals surface area contributed by atoms with E-state index in [1.54, 1.807) is 38.3 Å². The number of amides is 1. The Morgan fingerprint density at radius 3 is 2.43 bits per heavy atom. The summed E-state index contributed by atoms with van der Waals surface area (Å²) in [6.45, 7) is 5.08. The van der Waals surface area contributed by atoms with Crippen LogP contribution in [0.1, 0.15) is 43.1 Å². The fourth-order valence-corrected chi connectivity index (χ4v) is 3.59. The lowest BCUT2D eigenvalue weighted by molar-refractivity contribution is 0.0503. The van der Waals surface area contributed by atoms with E-state index in [1.165, 1.54) is 23.5 Å². The Balaban J connectivity index is 2.18. The summed E-state index contributed by atoms with van der Waals surface area (Å²) < 4.78 is 37.8. The number of hydrogen-bond acceptors (Lipinski definition) is 7. The molecule has 0 aliphatic heterocycles. The highest BCUT2D eigenvalue weighted by molar-refractivity contribution is 7.87. The Morgan fingerprint density at radius 1 is 1.29 bits per heavy atom. The highest BCUT2D eigenvalue weighted by Crippen LogP contribution is 2.24. The summed E-state index contributed by atoms with van der Waals surface area (Å²) in [5.41, 5.74) is 0.850. The molecule has 0 fully saturated rings. The minimum atomic E-state index is -4.35. The summed E-state index contributed by atoms with van der Waals surface area (Å²) in [5.74, 6) is 0. The number of thiazole rings is 1. The molecule has 11 heteroatoms. The molecule has 0 unspecified atom stereocenters. The van der Waals surface area contributed by atoms with E-state index in [2.05, 4.69) is 10.3 Å². The number of nitrogens with one attached hydrogen (secondary N) is 2. The molecule has 0 saturated carbocycles. The monoisotopic (exact) mass is 429 g/mol. The Kier molecular flexibility index (Phi) is 6.99. The van der Waals surface area contributed by atoms with Gasteiger partial charge in [0, 0.05) is 5.38 Å². The summed E-state index contributed by atoms with van der Waals surface area (Å²) in [6, 6.07) is 5.82. The molecule has 0 saturated heterocycles. The third-order valence-corrected chi connectivity index (χ3v) is 4.86. The quantitative estimate of drug-likeness (QED) is 0.496. The van der Waals surface area contributed by atoms with Crippen molar-refractivity contribution >= 4 is 33.4 Å². The zero-order chi connectivity index (χ0) is 20.9. The topological polar surface area (TPSA) is 138 Å². The van der Waals surface area contributed by atoms with Crippen molar-refractivity contribution in [2.24, 2.45) is 0 Å². The van der Waals surface area contributed by atoms with Gasteiger partial charge in [0.2, 0.25) is 0 Å². The molecule has 1 amide bonds. The standard InChI is InChI=1S/C17H23N3O6S2/c1-17(2,3)26-16(22)19-14(15-18-13(9-21)10-27-15)8-11-4-6-12(7-5-11)20-28(23,24)25/h4-7,10,14,20-21H,8-9H2,1-3H3,(H,19,22)(H,23,24,25)/t14-/m0/s1. The first kappa shape index (κ1) is 22.1. The van der Waals surface area contributed by atoms with Crippen molar-refractivity contribution in [1.82, 2.24) is 10.3 Å². The number of rotatable bonds is 7. The minimum Gasteiger partial charge on any atom is -0.444 e. The lowest BCUT2D eigenvalue weighted by atomic mass is 10.1. The van der Waals surface area contributed by atoms with E-state index in [1.807, 2.05) is 4.72 Å². The summed E-state index contributed by atoms with van der Waals surface area (Å²) in [5, 5.41) is 14.3. The molecule has 2 rings (SSSR count). The minimum absolute atomic E-state index is 0.203. The normalized spacial score (nSPS) is 13.0. The number of aromatic nitrogens is 1. The number of carbonyl (C=O) groups is 1. The molecule has 1 aromatic heterocycles. The number of ether oxygens (including phenoxy) is 1. The number of alkyl carbamates (subject to hydrolysis) is 1. The van der Waals surface area contributed by atoms with Crippen LogP contribution in [-0.4, -0.2) is 34.8 Å². The van der Waals surface area contributed by atoms with E-state index < -0.39 is 28.0 Å². The molecule has 0 spiro atoms. The first-order valence-electron chi connectivity index (χ1n) is 8.34. The molecule has 1 heterocycles. The van der Waals surface area contributed by atoms with E-state index in [0.717, 1.165) is 5.56 Å². The van der Waals surface area contributed by atoms with E-state index in [-0.39, 0.29) is 12.3 Å². The van der Waals surface area contributed by atoms with Crippen LogP contribution in [0.3, 0.4) is 0 Å². The number of hydrogen-bond donors (Lipinski definition) is 4. The van der Waals surface area contributed by atoms with Gasteiger partial charge in [-0.25, -0.2) is 9.78 Å². The summed E-state index contributed by atoms with van der Waals surface area (Å²) in [6.07, 6.45) is -0.230. The van der Waals surface area contributed by atoms with Gasteiger partial charge >= 0.3 is 16.4 Å². The molecular weight excluding hydrogens is 406 g/mol. The second kappa shape index (κ2) is 8.86. The number of aliphatic hydroxyl groups is 1. The van der Waals surface area contributed by atoms with E-state index >= 15 is 0 Å². The first-order chi connectivity index (χ1) is 12.9. The maximum Gasteiger partial charge on any atom is 0.408 e. The second-order valence-electron chi connectivity index (χ2n) is 7.01. The van der Waals surface area contributed by atoms with Crippen molar-refractivity contribution in [3.63, 3.8) is 0 Å². The van der Waals surface area contributed by atoms with Gasteiger partial charge in [0.15, 0.2) is 0 Å². The van der Waals surface area contributed by atoms with Gasteiger partial charge in [0.05, 0.1) is 24.0 Å². The third kappa shape index (κ3) is 7.43. The molecule has 9 nitrogen and oxygen atoms in total. The maximum atomic E-state index is 12.2. The van der Waals surface area contributed by atoms with Crippen molar-refractivity contribution in [1.29, 1.82) is 0 Å². The van der Waals surface area contributed by atoms with Crippen LogP contribution in [0.5, 0.6) is 0 Å². The molecule has 1 atom stereocenters. The number of carbonyl (C=O) groups excluding carboxylic acids is 1. The summed E-state index contributed by atoms with van der Waals surface area (Å²) >= 11 is 1.31. The van der Waals surface area contributed by atoms with E-state index in [0.29, 0.717) is 17.1 Å². The molecule has 154 valence electrons. The first-order valence-corrected chi connectivity index (χ1v) is 10.7. The van der Waals surface area contributed by atoms with Gasteiger partial charge in [-0.2, -0.15) is 8.42 Å². The van der Waals surface area contributed by atoms with Crippen molar-refractivity contribution in [3.05, 3.63) is 45.9 Å². The molecule has 1 aromatic carbocycles. The van der Waals surface area contributed by atoms with Crippen molar-refractivity contribution in [3.8, 4) is 0 Å². The fourth-order valence-electron chi connectivity index (χ4n) is 2.30. The number of aliphatic hydroxyl groups excluding tert-OH is 1. The van der Waals surface area contributed by atoms with Crippen LogP contribution in [0.4, 0.5) is 10.5 Å². The van der Waals surface area contributed by atoms with Crippen LogP contribution >= 0.6 is 11.3 Å². The SMILES string of the molecule is CC(C)(C)OC(=O)N[C@@H](Cc1ccc(NS(=O)(=O)O)cc1)c1nc(CO)cs1. The Morgan fingerprint density at radius 2 is 1.93 bits per heavy atom. The molecule has 0 bridgehead atoms. The molecule has 0 aliphatic carbocycles. The van der Waals surface area contributed by atoms with Crippen molar-refractivity contribution in [2.75, 3.05) is 4.72 Å². The largest absolute Gasteiger partial charge is 0.444 e. The Hall–Kier alpha value is -2.21. The van der Waals surface area contributed by atoms with Gasteiger partial charge in [0.25, 0.3) is 0 Å². The summed E-state index contributed by atoms with van der Waals surface area (Å²) in [7, 11) is -4.35. The summed E-state index contributed by atoms with van der Waals surface area (Å²) in [4.78, 5) is 16.5. The van der Waals surface area contributed by atoms with Crippen LogP contribution in [0, 0.1) is 0 Å². The second-order valence-corrected chi connectivity index (χ2v) is 9.06. The molecule has 2 aromatic rings. The van der Waals surface area contributed by atoms with Gasteiger partial charge in [-0.3, -0.25) is 9.27 Å². The highest BCUT2D eigenvalue weighted by Gasteiger charge is 2.23. The predicted molar refractivity (Wildman–Crippen MR) is 105 cm³/mol. The van der Waals surface area contributed by atoms with Gasteiger partial charge in [-0.15, -0.1) is 11.3 Å². The molecule has 0 radical (unpaired) electrons. The zero-order valence-electron chi connectivity index (χ0n) is 15.7. The zero-order valence-corrected chi connectivity index (χ0v) is 17.3. The van der Waals surface area contributed by atoms with Crippen LogP contribution in [0.15, 0.2) is 29.6 Å². The van der Waals surface area contributed by atoms with E-state index in [9.17, 15) is 18.3 Å². The Labute approximate surface area is 167 Å². The van der Waals surface area contributed by atoms with Gasteiger partial charge in [-0.1, -0.05) is 12.1 Å². The Bertz CT molecular complexity index is 904. The average Bonchev–Trinajstić information content (AvgIpc) is 3.02. The smallest absolute Gasteiger partial charge is 0.408 e. The molecule has 0 aliphatic rings. The third-order valence-electron chi connectivity index (χ3n) is 3.36. The van der Waals surface area contributed by atoms with Crippen LogP contribution in [0.2, 0.25) is 0 Å². The number of anilines is 1. The van der Waals surface area contributed by atoms with Crippen LogP contribution < -0.4 is 10.0 Å². The number of benzene rings is 1.